The molecule has 398 valence electrons. The molecule has 0 aromatic heterocycles. The van der Waals surface area contributed by atoms with E-state index >= 15 is 0 Å². The van der Waals surface area contributed by atoms with Crippen molar-refractivity contribution in [3.05, 3.63) is 170 Å². The van der Waals surface area contributed by atoms with Crippen LogP contribution in [-0.2, 0) is 37.3 Å². The van der Waals surface area contributed by atoms with Gasteiger partial charge >= 0.3 is 51.4 Å². The zero-order chi connectivity index (χ0) is 55.1. The van der Waals surface area contributed by atoms with E-state index in [4.69, 9.17) is 37.3 Å². The van der Waals surface area contributed by atoms with Crippen molar-refractivity contribution in [2.75, 3.05) is 7.11 Å². The Morgan fingerprint density at radius 3 is 0.833 bits per heavy atom. The molecule has 0 saturated carbocycles. The molecule has 20 heteroatoms. The van der Waals surface area contributed by atoms with E-state index in [1.807, 2.05) is 78.4 Å². The molecule has 0 spiro atoms. The summed E-state index contributed by atoms with van der Waals surface area (Å²) >= 11 is 0. The van der Waals surface area contributed by atoms with Gasteiger partial charge in [-0.3, -0.25) is 0 Å². The summed E-state index contributed by atoms with van der Waals surface area (Å²) in [5.41, 5.74) is 7.86. The van der Waals surface area contributed by atoms with Gasteiger partial charge in [0.2, 0.25) is 8.32 Å². The van der Waals surface area contributed by atoms with Crippen LogP contribution in [0, 0.1) is 0 Å². The van der Waals surface area contributed by atoms with Gasteiger partial charge < -0.3 is 37.3 Å². The largest absolute Gasteiger partial charge is 0.449 e. The molecule has 0 unspecified atom stereocenters. The van der Waals surface area contributed by atoms with E-state index in [1.165, 1.54) is 10.4 Å². The van der Waals surface area contributed by atoms with Crippen LogP contribution in [0.4, 0.5) is 0 Å². The van der Waals surface area contributed by atoms with Gasteiger partial charge in [-0.1, -0.05) is 144 Å². The van der Waals surface area contributed by atoms with E-state index in [9.17, 15) is 0 Å². The Morgan fingerprint density at radius 1 is 0.347 bits per heavy atom. The summed E-state index contributed by atoms with van der Waals surface area (Å²) in [6.07, 6.45) is 0. The average molecular weight is 1170 g/mol. The molecule has 1 heterocycles. The van der Waals surface area contributed by atoms with Crippen LogP contribution in [-0.4, -0.2) is 100 Å². The predicted molar refractivity (Wildman–Crippen MR) is 335 cm³/mol. The molecular weight excluding hydrogens is 1080 g/mol. The summed E-state index contributed by atoms with van der Waals surface area (Å²) in [4.78, 5) is 0. The van der Waals surface area contributed by atoms with Crippen molar-refractivity contribution in [2.24, 2.45) is 0 Å². The van der Waals surface area contributed by atoms with Crippen molar-refractivity contribution in [2.45, 2.75) is 124 Å². The van der Waals surface area contributed by atoms with Crippen LogP contribution in [0.15, 0.2) is 170 Å². The van der Waals surface area contributed by atoms with Crippen molar-refractivity contribution >= 4 is 114 Å². The molecule has 0 bridgehead atoms. The van der Waals surface area contributed by atoms with Crippen LogP contribution in [0.3, 0.4) is 0 Å². The van der Waals surface area contributed by atoms with E-state index in [2.05, 4.69) is 224 Å². The first kappa shape index (κ1) is 66.0. The van der Waals surface area contributed by atoms with Crippen LogP contribution in [0.1, 0.15) is 0 Å². The van der Waals surface area contributed by atoms with Crippen LogP contribution >= 0.6 is 0 Å². The van der Waals surface area contributed by atoms with Gasteiger partial charge in [-0.05, 0) is 145 Å². The lowest BCUT2D eigenvalue weighted by Crippen LogP contribution is -2.71. The number of benzene rings is 4. The summed E-state index contributed by atoms with van der Waals surface area (Å²) in [6, 6.07) is 41.7. The van der Waals surface area contributed by atoms with Gasteiger partial charge in [0.05, 0.1) is 0 Å². The Hall–Kier alpha value is -2.13. The summed E-state index contributed by atoms with van der Waals surface area (Å²) < 4.78 is 57.2. The summed E-state index contributed by atoms with van der Waals surface area (Å²) in [6.45, 7) is 55.8. The van der Waals surface area contributed by atoms with Crippen molar-refractivity contribution in [3.8, 4) is 0 Å². The maximum absolute atomic E-state index is 7.08. The van der Waals surface area contributed by atoms with E-state index in [0.29, 0.717) is 0 Å². The molecule has 0 atom stereocenters. The molecule has 4 aromatic rings. The molecule has 1 saturated heterocycles. The molecule has 0 aliphatic carbocycles. The van der Waals surface area contributed by atoms with Crippen molar-refractivity contribution < 1.29 is 37.3 Å². The maximum Gasteiger partial charge on any atom is 0.388 e. The Labute approximate surface area is 449 Å². The highest BCUT2D eigenvalue weighted by atomic mass is 28.5. The maximum atomic E-state index is 7.08. The lowest BCUT2D eigenvalue weighted by atomic mass is 10.4. The third kappa shape index (κ3) is 22.2. The fraction of sp³-hybridized carbons (Fsp3) is 0.385. The molecule has 9 nitrogen and oxygen atoms in total. The molecular formula is C52H92O9Si11. The molecule has 5 rings (SSSR count). The third-order valence-electron chi connectivity index (χ3n) is 11.1. The number of hydrogen-bond acceptors (Lipinski definition) is 9. The van der Waals surface area contributed by atoms with Crippen LogP contribution in [0.25, 0.3) is 0 Å². The van der Waals surface area contributed by atoms with Gasteiger partial charge in [-0.15, -0.1) is 26.3 Å². The quantitative estimate of drug-likeness (QED) is 0.0960. The van der Waals surface area contributed by atoms with Crippen molar-refractivity contribution in [1.29, 1.82) is 0 Å². The minimum atomic E-state index is -3.04. The minimum Gasteiger partial charge on any atom is -0.449 e. The number of rotatable bonds is 17. The topological polar surface area (TPSA) is 83.1 Å². The van der Waals surface area contributed by atoms with Gasteiger partial charge in [0.15, 0.2) is 25.0 Å². The zero-order valence-corrected chi connectivity index (χ0v) is 58.9. The molecule has 0 N–H and O–H groups in total. The predicted octanol–water partition coefficient (Wildman–Crippen LogP) is 12.6. The van der Waals surface area contributed by atoms with Crippen LogP contribution < -0.4 is 20.7 Å². The standard InChI is InChI=1S/C22H34O3Si4.C14H16OSi.C8H24O4Si4.C8H18OSi2/c1-9-26(3,4)23-28(7,8)25-29(24-27(5,6)10-2,21-17-13-11-14-18-21)22-19-15-12-16-20-22;1-15-16(2,13-9-5-3-6-10-13)14-11-7-4-8-12-14;1-13(2)9-14(3,4)11-16(7,8)12-15(5,6)10-13;1-7-10(3,4)9-11(5,6)8-2/h9-20H,1-2H2,3-8H3;3-12H,1-2H3;1-8H3;7-8H,1-2H2,3-6H3. The Kier molecular flexibility index (Phi) is 24.5. The first-order valence-electron chi connectivity index (χ1n) is 24.8. The van der Waals surface area contributed by atoms with E-state index in [-0.39, 0.29) is 0 Å². The summed E-state index contributed by atoms with van der Waals surface area (Å²) in [5.74, 6) is 0. The van der Waals surface area contributed by atoms with Crippen molar-refractivity contribution in [1.82, 2.24) is 0 Å². The highest BCUT2D eigenvalue weighted by molar-refractivity contribution is 7.03. The van der Waals surface area contributed by atoms with E-state index in [0.717, 1.165) is 10.4 Å². The second kappa shape index (κ2) is 26.8. The fourth-order valence-electron chi connectivity index (χ4n) is 8.32. The average Bonchev–Trinajstić information content (AvgIpc) is 3.27. The monoisotopic (exact) mass is 1170 g/mol. The van der Waals surface area contributed by atoms with Crippen LogP contribution in [0.5, 0.6) is 0 Å². The van der Waals surface area contributed by atoms with Gasteiger partial charge in [-0.2, -0.15) is 0 Å². The van der Waals surface area contributed by atoms with Gasteiger partial charge in [0.1, 0.15) is 0 Å². The van der Waals surface area contributed by atoms with Gasteiger partial charge in [0.25, 0.3) is 8.32 Å². The molecule has 1 aliphatic rings. The first-order chi connectivity index (χ1) is 32.9. The lowest BCUT2D eigenvalue weighted by molar-refractivity contribution is 0.238. The fourth-order valence-corrected chi connectivity index (χ4v) is 54.0. The van der Waals surface area contributed by atoms with E-state index < -0.39 is 93.0 Å². The lowest BCUT2D eigenvalue weighted by Gasteiger charge is -2.46. The minimum absolute atomic E-state index is 1.09. The normalized spacial score (nSPS) is 16.8. The Morgan fingerprint density at radius 2 is 0.583 bits per heavy atom. The molecule has 0 radical (unpaired) electrons. The summed E-state index contributed by atoms with van der Waals surface area (Å²) in [5, 5.41) is 4.80. The zero-order valence-electron chi connectivity index (χ0n) is 47.9. The Bertz CT molecular complexity index is 2130. The van der Waals surface area contributed by atoms with Crippen molar-refractivity contribution in [3.63, 3.8) is 0 Å². The third-order valence-corrected chi connectivity index (χ3v) is 51.3. The van der Waals surface area contributed by atoms with Gasteiger partial charge in [0, 0.05) is 7.11 Å². The SMILES string of the molecule is C=C[Si](C)(C)O[Si](C)(C)C=C.C=C[Si](C)(C)O[Si](C)(C)O[Si](O[Si](C)(C)C=C)(c1ccccc1)c1ccccc1.CO[Si](C)(c1ccccc1)c1ccccc1.C[Si]1(C)O[Si](C)(C)O[Si](C)(C)O[Si](C)(C)O1. The molecule has 4 aromatic carbocycles. The smallest absolute Gasteiger partial charge is 0.388 e. The first-order valence-corrected chi connectivity index (χ1v) is 55.1. The van der Waals surface area contributed by atoms with Crippen LogP contribution in [0.2, 0.25) is 124 Å². The highest BCUT2D eigenvalue weighted by Crippen LogP contribution is 2.31. The number of hydrogen-bond donors (Lipinski definition) is 0. The molecule has 1 aliphatic heterocycles. The second-order valence-corrected chi connectivity index (χ2v) is 63.4. The summed E-state index contributed by atoms with van der Waals surface area (Å²) in [7, 11) is -21.6. The highest BCUT2D eigenvalue weighted by Gasteiger charge is 2.52. The van der Waals surface area contributed by atoms with E-state index in [1.54, 1.807) is 0 Å². The molecule has 72 heavy (non-hydrogen) atoms. The van der Waals surface area contributed by atoms with Gasteiger partial charge in [-0.25, -0.2) is 0 Å². The molecule has 0 amide bonds. The second-order valence-electron chi connectivity index (χ2n) is 22.4. The molecule has 1 fully saturated rings. The Balaban J connectivity index is 0.000000353.